The quantitative estimate of drug-likeness (QED) is 0.894. The Balaban J connectivity index is 2.05. The number of carbonyl (C=O) groups is 2. The van der Waals surface area contributed by atoms with Gasteiger partial charge in [-0.15, -0.1) is 0 Å². The van der Waals surface area contributed by atoms with Gasteiger partial charge in [0, 0.05) is 5.56 Å². The zero-order valence-electron chi connectivity index (χ0n) is 12.6. The molecule has 0 heterocycles. The molecule has 21 heavy (non-hydrogen) atoms. The molecule has 0 spiro atoms. The van der Waals surface area contributed by atoms with Crippen LogP contribution in [0.1, 0.15) is 50.4 Å². The topological polar surface area (TPSA) is 75.6 Å². The highest BCUT2D eigenvalue weighted by molar-refractivity contribution is 5.98. The molecule has 2 rings (SSSR count). The van der Waals surface area contributed by atoms with E-state index in [-0.39, 0.29) is 11.5 Å². The third kappa shape index (κ3) is 3.54. The van der Waals surface area contributed by atoms with Crippen molar-refractivity contribution in [1.29, 1.82) is 0 Å². The van der Waals surface area contributed by atoms with Gasteiger partial charge in [-0.1, -0.05) is 0 Å². The average molecular weight is 291 g/mol. The zero-order valence-corrected chi connectivity index (χ0v) is 12.6. The Bertz CT molecular complexity index is 538. The van der Waals surface area contributed by atoms with Crippen LogP contribution < -0.4 is 10.1 Å². The monoisotopic (exact) mass is 291 g/mol. The van der Waals surface area contributed by atoms with Gasteiger partial charge in [0.1, 0.15) is 16.9 Å². The maximum atomic E-state index is 12.1. The molecule has 0 bridgehead atoms. The molecular weight excluding hydrogens is 270 g/mol. The second-order valence-corrected chi connectivity index (χ2v) is 6.43. The Morgan fingerprint density at radius 1 is 1.19 bits per heavy atom. The number of carboxylic acid groups (broad SMARTS) is 1. The molecule has 5 heteroatoms. The summed E-state index contributed by atoms with van der Waals surface area (Å²) in [5.41, 5.74) is -0.954. The van der Waals surface area contributed by atoms with Crippen LogP contribution in [-0.2, 0) is 4.79 Å². The van der Waals surface area contributed by atoms with Gasteiger partial charge in [-0.25, -0.2) is 4.79 Å². The van der Waals surface area contributed by atoms with E-state index in [4.69, 9.17) is 4.74 Å². The summed E-state index contributed by atoms with van der Waals surface area (Å²) >= 11 is 0. The van der Waals surface area contributed by atoms with E-state index in [0.717, 1.165) is 6.42 Å². The van der Waals surface area contributed by atoms with E-state index in [2.05, 4.69) is 5.32 Å². The molecule has 2 N–H and O–H groups in total. The van der Waals surface area contributed by atoms with Crippen molar-refractivity contribution in [2.24, 2.45) is 0 Å². The van der Waals surface area contributed by atoms with Crippen LogP contribution in [0.4, 0.5) is 0 Å². The van der Waals surface area contributed by atoms with Crippen LogP contribution >= 0.6 is 0 Å². The highest BCUT2D eigenvalue weighted by Gasteiger charge is 2.45. The molecular formula is C16H21NO4. The Labute approximate surface area is 124 Å². The van der Waals surface area contributed by atoms with E-state index in [0.29, 0.717) is 24.2 Å². The van der Waals surface area contributed by atoms with Gasteiger partial charge in [0.15, 0.2) is 0 Å². The number of nitrogens with one attached hydrogen (secondary N) is 1. The number of hydrogen-bond acceptors (Lipinski definition) is 3. The van der Waals surface area contributed by atoms with E-state index >= 15 is 0 Å². The number of benzene rings is 1. The first kappa shape index (κ1) is 15.4. The zero-order chi connectivity index (χ0) is 15.7. The van der Waals surface area contributed by atoms with Crippen LogP contribution in [0.15, 0.2) is 24.3 Å². The first-order valence-corrected chi connectivity index (χ1v) is 7.07. The highest BCUT2D eigenvalue weighted by atomic mass is 16.5. The molecule has 0 aromatic heterocycles. The number of hydrogen-bond donors (Lipinski definition) is 2. The van der Waals surface area contributed by atoms with Gasteiger partial charge in [-0.05, 0) is 64.3 Å². The van der Waals surface area contributed by atoms with Crippen LogP contribution in [-0.4, -0.2) is 28.1 Å². The number of carboxylic acids is 1. The minimum atomic E-state index is -1.09. The molecule has 1 aliphatic rings. The second-order valence-electron chi connectivity index (χ2n) is 6.43. The molecule has 1 aromatic rings. The number of carbonyl (C=O) groups excluding carboxylic acids is 1. The van der Waals surface area contributed by atoms with Crippen molar-refractivity contribution in [2.75, 3.05) is 0 Å². The largest absolute Gasteiger partial charge is 0.488 e. The first-order chi connectivity index (χ1) is 9.72. The van der Waals surface area contributed by atoms with Gasteiger partial charge < -0.3 is 15.2 Å². The molecule has 0 aliphatic heterocycles. The Morgan fingerprint density at radius 2 is 1.76 bits per heavy atom. The molecule has 1 amide bonds. The molecule has 5 nitrogen and oxygen atoms in total. The summed E-state index contributed by atoms with van der Waals surface area (Å²) in [6.07, 6.45) is 1.80. The predicted molar refractivity (Wildman–Crippen MR) is 78.5 cm³/mol. The van der Waals surface area contributed by atoms with Crippen LogP contribution in [0.25, 0.3) is 0 Å². The molecule has 0 radical (unpaired) electrons. The average Bonchev–Trinajstić information content (AvgIpc) is 2.32. The lowest BCUT2D eigenvalue weighted by Crippen LogP contribution is -2.59. The molecule has 1 saturated carbocycles. The Hall–Kier alpha value is -2.04. The van der Waals surface area contributed by atoms with Crippen molar-refractivity contribution in [3.63, 3.8) is 0 Å². The summed E-state index contributed by atoms with van der Waals surface area (Å²) in [6.45, 7) is 5.84. The fraction of sp³-hybridized carbons (Fsp3) is 0.500. The van der Waals surface area contributed by atoms with E-state index in [1.807, 2.05) is 20.8 Å². The van der Waals surface area contributed by atoms with Crippen molar-refractivity contribution in [1.82, 2.24) is 5.32 Å². The maximum Gasteiger partial charge on any atom is 0.329 e. The summed E-state index contributed by atoms with van der Waals surface area (Å²) in [5, 5.41) is 11.9. The van der Waals surface area contributed by atoms with Crippen molar-refractivity contribution in [3.8, 4) is 5.75 Å². The number of rotatable bonds is 4. The van der Waals surface area contributed by atoms with Gasteiger partial charge >= 0.3 is 5.97 Å². The predicted octanol–water partition coefficient (Wildman–Crippen LogP) is 2.60. The lowest BCUT2D eigenvalue weighted by atomic mass is 9.76. The summed E-state index contributed by atoms with van der Waals surface area (Å²) in [6, 6.07) is 6.72. The second kappa shape index (κ2) is 5.39. The van der Waals surface area contributed by atoms with Crippen LogP contribution in [0.5, 0.6) is 5.75 Å². The molecule has 0 atom stereocenters. The number of aliphatic carboxylic acids is 1. The standard InChI is InChI=1S/C16H21NO4/c1-15(2,3)21-12-7-5-11(6-8-12)13(18)17-16(14(19)20)9-4-10-16/h5-8H,4,9-10H2,1-3H3,(H,17,18)(H,19,20). The van der Waals surface area contributed by atoms with Gasteiger partial charge in [0.05, 0.1) is 0 Å². The lowest BCUT2D eigenvalue weighted by Gasteiger charge is -2.38. The minimum Gasteiger partial charge on any atom is -0.488 e. The van der Waals surface area contributed by atoms with Crippen molar-refractivity contribution < 1.29 is 19.4 Å². The summed E-state index contributed by atoms with van der Waals surface area (Å²) in [4.78, 5) is 23.4. The first-order valence-electron chi connectivity index (χ1n) is 7.07. The van der Waals surface area contributed by atoms with E-state index in [1.165, 1.54) is 0 Å². The fourth-order valence-corrected chi connectivity index (χ4v) is 2.24. The smallest absolute Gasteiger partial charge is 0.329 e. The van der Waals surface area contributed by atoms with Crippen molar-refractivity contribution in [3.05, 3.63) is 29.8 Å². The Morgan fingerprint density at radius 3 is 2.14 bits per heavy atom. The lowest BCUT2D eigenvalue weighted by molar-refractivity contribution is -0.148. The summed E-state index contributed by atoms with van der Waals surface area (Å²) < 4.78 is 5.68. The van der Waals surface area contributed by atoms with E-state index in [9.17, 15) is 14.7 Å². The summed E-state index contributed by atoms with van der Waals surface area (Å²) in [7, 11) is 0. The Kier molecular flexibility index (Phi) is 3.94. The molecule has 114 valence electrons. The van der Waals surface area contributed by atoms with Gasteiger partial charge in [0.2, 0.25) is 0 Å². The highest BCUT2D eigenvalue weighted by Crippen LogP contribution is 2.32. The van der Waals surface area contributed by atoms with Crippen molar-refractivity contribution >= 4 is 11.9 Å². The fourth-order valence-electron chi connectivity index (χ4n) is 2.24. The normalized spacial score (nSPS) is 16.7. The van der Waals surface area contributed by atoms with Crippen LogP contribution in [0.3, 0.4) is 0 Å². The van der Waals surface area contributed by atoms with Crippen molar-refractivity contribution in [2.45, 2.75) is 51.2 Å². The maximum absolute atomic E-state index is 12.1. The van der Waals surface area contributed by atoms with Crippen LogP contribution in [0, 0.1) is 0 Å². The SMILES string of the molecule is CC(C)(C)Oc1ccc(C(=O)NC2(C(=O)O)CCC2)cc1. The van der Waals surface area contributed by atoms with Crippen LogP contribution in [0.2, 0.25) is 0 Å². The van der Waals surface area contributed by atoms with E-state index in [1.54, 1.807) is 24.3 Å². The van der Waals surface area contributed by atoms with Gasteiger partial charge in [0.25, 0.3) is 5.91 Å². The van der Waals surface area contributed by atoms with E-state index < -0.39 is 11.5 Å². The molecule has 1 fully saturated rings. The molecule has 1 aliphatic carbocycles. The number of ether oxygens (including phenoxy) is 1. The minimum absolute atomic E-state index is 0.303. The number of amides is 1. The third-order valence-electron chi connectivity index (χ3n) is 3.51. The molecule has 0 unspecified atom stereocenters. The molecule has 0 saturated heterocycles. The molecule has 1 aromatic carbocycles. The van der Waals surface area contributed by atoms with Gasteiger partial charge in [-0.3, -0.25) is 4.79 Å². The third-order valence-corrected chi connectivity index (χ3v) is 3.51. The van der Waals surface area contributed by atoms with Gasteiger partial charge in [-0.2, -0.15) is 0 Å². The summed E-state index contributed by atoms with van der Waals surface area (Å²) in [5.74, 6) is -0.648.